The van der Waals surface area contributed by atoms with Gasteiger partial charge in [0.2, 0.25) is 0 Å². The summed E-state index contributed by atoms with van der Waals surface area (Å²) in [5.41, 5.74) is 13.5. The Bertz CT molecular complexity index is 2100. The zero-order valence-corrected chi connectivity index (χ0v) is 27.3. The van der Waals surface area contributed by atoms with Gasteiger partial charge in [0.15, 0.2) is 8.46 Å². The minimum atomic E-state index is 0.000356. The van der Waals surface area contributed by atoms with Crippen molar-refractivity contribution in [2.24, 2.45) is 0 Å². The van der Waals surface area contributed by atoms with Crippen molar-refractivity contribution >= 4 is 37.1 Å². The normalized spacial score (nSPS) is 10.8. The summed E-state index contributed by atoms with van der Waals surface area (Å²) < 4.78 is 12.2. The van der Waals surface area contributed by atoms with E-state index >= 15 is 0 Å². The molecule has 0 saturated carbocycles. The first-order valence-electron chi connectivity index (χ1n) is 16.1. The topological polar surface area (TPSA) is 17.1 Å². The fourth-order valence-corrected chi connectivity index (χ4v) is 6.46. The minimum absolute atomic E-state index is 0.000356. The quantitative estimate of drug-likeness (QED) is 0.114. The fourth-order valence-electron chi connectivity index (χ4n) is 6.03. The smallest absolute Gasteiger partial charge is 0.192 e. The van der Waals surface area contributed by atoms with Crippen LogP contribution >= 0.6 is 8.46 Å². The highest BCUT2D eigenvalue weighted by Crippen LogP contribution is 2.31. The molecule has 0 bridgehead atoms. The zero-order chi connectivity index (χ0) is 32.5. The van der Waals surface area contributed by atoms with Crippen molar-refractivity contribution in [2.45, 2.75) is 0 Å². The van der Waals surface area contributed by atoms with Crippen LogP contribution in [-0.2, 0) is 4.57 Å². The lowest BCUT2D eigenvalue weighted by Gasteiger charge is -2.11. The molecule has 0 N–H and O–H groups in total. The molecular weight excluding hydrogens is 599 g/mol. The van der Waals surface area contributed by atoms with Crippen molar-refractivity contribution in [1.82, 2.24) is 0 Å². The highest BCUT2D eigenvalue weighted by molar-refractivity contribution is 7.34. The number of hydrogen-bond acceptors (Lipinski definition) is 1. The van der Waals surface area contributed by atoms with Gasteiger partial charge in [0.25, 0.3) is 0 Å². The maximum absolute atomic E-state index is 12.2. The molecule has 48 heavy (non-hydrogen) atoms. The molecule has 2 heteroatoms. The molecule has 0 aromatic heterocycles. The monoisotopic (exact) mass is 632 g/mol. The summed E-state index contributed by atoms with van der Waals surface area (Å²) in [5, 5.41) is 0.770. The van der Waals surface area contributed by atoms with Gasteiger partial charge in [-0.3, -0.25) is 4.57 Å². The van der Waals surface area contributed by atoms with E-state index in [0.29, 0.717) is 0 Å². The van der Waals surface area contributed by atoms with Crippen LogP contribution in [0.25, 0.3) is 45.6 Å². The molecule has 0 aliphatic carbocycles. The summed E-state index contributed by atoms with van der Waals surface area (Å²) in [6, 6.07) is 65.3. The molecule has 0 heterocycles. The summed E-state index contributed by atoms with van der Waals surface area (Å²) in [4.78, 5) is 0. The lowest BCUT2D eigenvalue weighted by molar-refractivity contribution is 0.603. The molecule has 0 spiro atoms. The molecule has 7 aromatic rings. The third-order valence-electron chi connectivity index (χ3n) is 8.52. The van der Waals surface area contributed by atoms with Crippen LogP contribution in [0.2, 0.25) is 0 Å². The first-order valence-corrected chi connectivity index (χ1v) is 16.9. The Kier molecular flexibility index (Phi) is 9.41. The molecule has 0 amide bonds. The average Bonchev–Trinajstić information content (AvgIpc) is 3.17. The van der Waals surface area contributed by atoms with Crippen molar-refractivity contribution in [1.29, 1.82) is 0 Å². The molecule has 0 saturated heterocycles. The minimum Gasteiger partial charge on any atom is -0.269 e. The molecule has 0 atom stereocenters. The van der Waals surface area contributed by atoms with Crippen LogP contribution in [-0.4, -0.2) is 0 Å². The van der Waals surface area contributed by atoms with Gasteiger partial charge in [-0.05, 0) is 91.1 Å². The lowest BCUT2D eigenvalue weighted by atomic mass is 9.94. The van der Waals surface area contributed by atoms with Crippen LogP contribution in [0.15, 0.2) is 188 Å². The molecular formula is C46H33OP. The predicted molar refractivity (Wildman–Crippen MR) is 204 cm³/mol. The number of benzene rings is 7. The SMILES string of the molecule is O=Pc1ccc(-c2ccc(C=C(c3ccccc3)c3ccccc3)cc2)cc1-c1ccc(C=C(c2ccccc2)c2ccccc2)cc1. The van der Waals surface area contributed by atoms with Gasteiger partial charge in [-0.1, -0.05) is 176 Å². The standard InChI is InChI=1S/C46H33OP/c47-48-46-30-29-42(36-25-21-34(22-26-36)31-43(37-13-5-1-6-14-37)38-15-7-2-8-16-38)33-45(46)41-27-23-35(24-28-41)32-44(39-17-9-3-10-18-39)40-19-11-4-12-20-40/h1-33H. The van der Waals surface area contributed by atoms with Crippen molar-refractivity contribution in [3.63, 3.8) is 0 Å². The zero-order valence-electron chi connectivity index (χ0n) is 26.4. The molecule has 0 aliphatic rings. The largest absolute Gasteiger partial charge is 0.269 e. The van der Waals surface area contributed by atoms with Gasteiger partial charge < -0.3 is 0 Å². The maximum atomic E-state index is 12.2. The Morgan fingerprint density at radius 2 is 0.729 bits per heavy atom. The first-order chi connectivity index (χ1) is 23.7. The number of rotatable bonds is 9. The van der Waals surface area contributed by atoms with Crippen LogP contribution in [0.1, 0.15) is 33.4 Å². The van der Waals surface area contributed by atoms with Gasteiger partial charge in [-0.15, -0.1) is 0 Å². The van der Waals surface area contributed by atoms with Gasteiger partial charge in [-0.25, -0.2) is 0 Å². The van der Waals surface area contributed by atoms with E-state index in [1.807, 2.05) is 30.3 Å². The second-order valence-corrected chi connectivity index (χ2v) is 12.3. The average molecular weight is 633 g/mol. The van der Waals surface area contributed by atoms with Crippen LogP contribution in [0.5, 0.6) is 0 Å². The first kappa shape index (κ1) is 30.8. The van der Waals surface area contributed by atoms with Crippen molar-refractivity contribution in [2.75, 3.05) is 0 Å². The van der Waals surface area contributed by atoms with Gasteiger partial charge in [0.05, 0.1) is 5.30 Å². The third kappa shape index (κ3) is 7.08. The Hall–Kier alpha value is -5.88. The molecule has 0 aliphatic heterocycles. The van der Waals surface area contributed by atoms with Gasteiger partial charge in [-0.2, -0.15) is 0 Å². The Labute approximate surface area is 284 Å². The van der Waals surface area contributed by atoms with Crippen LogP contribution in [0.3, 0.4) is 0 Å². The maximum Gasteiger partial charge on any atom is 0.192 e. The van der Waals surface area contributed by atoms with E-state index in [-0.39, 0.29) is 8.46 Å². The highest BCUT2D eigenvalue weighted by atomic mass is 31.1. The van der Waals surface area contributed by atoms with Gasteiger partial charge >= 0.3 is 0 Å². The third-order valence-corrected chi connectivity index (χ3v) is 9.11. The molecule has 228 valence electrons. The van der Waals surface area contributed by atoms with Gasteiger partial charge in [0, 0.05) is 0 Å². The van der Waals surface area contributed by atoms with Crippen molar-refractivity contribution in [3.8, 4) is 22.3 Å². The summed E-state index contributed by atoms with van der Waals surface area (Å²) in [5.74, 6) is 0. The van der Waals surface area contributed by atoms with E-state index in [2.05, 4.69) is 170 Å². The lowest BCUT2D eigenvalue weighted by Crippen LogP contribution is -1.98. The second kappa shape index (κ2) is 14.7. The fraction of sp³-hybridized carbons (Fsp3) is 0. The Morgan fingerprint density at radius 3 is 1.10 bits per heavy atom. The van der Waals surface area contributed by atoms with Crippen molar-refractivity contribution < 1.29 is 4.57 Å². The summed E-state index contributed by atoms with van der Waals surface area (Å²) >= 11 is 0. The van der Waals surface area contributed by atoms with E-state index in [0.717, 1.165) is 38.7 Å². The van der Waals surface area contributed by atoms with E-state index in [4.69, 9.17) is 0 Å². The van der Waals surface area contributed by atoms with Crippen LogP contribution in [0, 0.1) is 0 Å². The summed E-state index contributed by atoms with van der Waals surface area (Å²) in [7, 11) is 0.000356. The predicted octanol–water partition coefficient (Wildman–Crippen LogP) is 12.1. The molecule has 7 rings (SSSR count). The van der Waals surface area contributed by atoms with Gasteiger partial charge in [0.1, 0.15) is 0 Å². The van der Waals surface area contributed by atoms with Crippen LogP contribution < -0.4 is 5.30 Å². The molecule has 0 radical (unpaired) electrons. The Balaban J connectivity index is 1.19. The highest BCUT2D eigenvalue weighted by Gasteiger charge is 2.11. The Morgan fingerprint density at radius 1 is 0.375 bits per heavy atom. The second-order valence-electron chi connectivity index (χ2n) is 11.6. The summed E-state index contributed by atoms with van der Waals surface area (Å²) in [6.07, 6.45) is 4.48. The van der Waals surface area contributed by atoms with Crippen LogP contribution in [0.4, 0.5) is 0 Å². The summed E-state index contributed by atoms with van der Waals surface area (Å²) in [6.45, 7) is 0. The molecule has 1 nitrogen and oxygen atoms in total. The van der Waals surface area contributed by atoms with E-state index in [9.17, 15) is 4.57 Å². The van der Waals surface area contributed by atoms with E-state index in [1.165, 1.54) is 33.4 Å². The van der Waals surface area contributed by atoms with Crippen molar-refractivity contribution in [3.05, 3.63) is 221 Å². The molecule has 7 aromatic carbocycles. The van der Waals surface area contributed by atoms with E-state index in [1.54, 1.807) is 0 Å². The number of hydrogen-bond donors (Lipinski definition) is 0. The van der Waals surface area contributed by atoms with E-state index < -0.39 is 0 Å². The molecule has 0 fully saturated rings. The molecule has 0 unspecified atom stereocenters.